The Balaban J connectivity index is 2.03. The maximum atomic E-state index is 15.3. The Morgan fingerprint density at radius 1 is 1.13 bits per heavy atom. The number of ether oxygens (including phenoxy) is 1. The summed E-state index contributed by atoms with van der Waals surface area (Å²) in [6.45, 7) is 8.44. The minimum absolute atomic E-state index is 0.0346. The highest BCUT2D eigenvalue weighted by Crippen LogP contribution is 2.47. The van der Waals surface area contributed by atoms with Crippen LogP contribution in [0.4, 0.5) is 4.11 Å². The van der Waals surface area contributed by atoms with Crippen molar-refractivity contribution < 1.29 is 18.7 Å². The van der Waals surface area contributed by atoms with E-state index in [4.69, 9.17) is 4.74 Å². The molecule has 1 aliphatic rings. The molecule has 4 nitrogen and oxygen atoms in total. The summed E-state index contributed by atoms with van der Waals surface area (Å²) in [4.78, 5) is 14.8. The van der Waals surface area contributed by atoms with Gasteiger partial charge in [0.25, 0.3) is 0 Å². The molecule has 1 aromatic carbocycles. The normalized spacial score (nSPS) is 23.8. The van der Waals surface area contributed by atoms with E-state index in [1.54, 1.807) is 18.0 Å². The third-order valence-corrected chi connectivity index (χ3v) is 9.09. The molecular weight excluding hydrogens is 409 g/mol. The topological polar surface area (TPSA) is 49.8 Å². The largest absolute Gasteiger partial charge is 0.395 e. The molecule has 0 aliphatic carbocycles. The summed E-state index contributed by atoms with van der Waals surface area (Å²) in [5, 5.41) is 9.47. The van der Waals surface area contributed by atoms with Crippen molar-refractivity contribution in [2.75, 3.05) is 13.2 Å². The van der Waals surface area contributed by atoms with Gasteiger partial charge in [0, 0.05) is 18.6 Å². The molecule has 1 amide bonds. The average Bonchev–Trinajstić information content (AvgIpc) is 3.03. The van der Waals surface area contributed by atoms with Gasteiger partial charge < -0.3 is 18.9 Å². The molecule has 1 saturated heterocycles. The van der Waals surface area contributed by atoms with Crippen LogP contribution in [0, 0.1) is 5.92 Å². The summed E-state index contributed by atoms with van der Waals surface area (Å²) in [6.07, 6.45) is 6.80. The monoisotopic (exact) mass is 451 g/mol. The molecule has 31 heavy (non-hydrogen) atoms. The summed E-state index contributed by atoms with van der Waals surface area (Å²) in [6, 6.07) is 9.77. The van der Waals surface area contributed by atoms with Gasteiger partial charge in [0.2, 0.25) is 14.3 Å². The van der Waals surface area contributed by atoms with Crippen LogP contribution in [-0.4, -0.2) is 49.7 Å². The van der Waals surface area contributed by atoms with Gasteiger partial charge in [-0.25, -0.2) is 0 Å². The molecule has 1 aromatic rings. The predicted octanol–water partition coefficient (Wildman–Crippen LogP) is 5.71. The zero-order chi connectivity index (χ0) is 22.9. The van der Waals surface area contributed by atoms with Crippen LogP contribution in [0.1, 0.15) is 64.4 Å². The van der Waals surface area contributed by atoms with Gasteiger partial charge in [0.15, 0.2) is 0 Å². The number of aliphatic hydroxyl groups excluding tert-OH is 1. The lowest BCUT2D eigenvalue weighted by atomic mass is 9.95. The van der Waals surface area contributed by atoms with Gasteiger partial charge >= 0.3 is 0 Å². The summed E-state index contributed by atoms with van der Waals surface area (Å²) < 4.78 is 21.7. The fourth-order valence-electron chi connectivity index (χ4n) is 5.04. The zero-order valence-corrected chi connectivity index (χ0v) is 20.9. The van der Waals surface area contributed by atoms with E-state index in [1.807, 2.05) is 30.3 Å². The van der Waals surface area contributed by atoms with Gasteiger partial charge in [-0.05, 0) is 31.0 Å². The second-order valence-electron chi connectivity index (χ2n) is 9.59. The first-order chi connectivity index (χ1) is 14.8. The molecule has 0 spiro atoms. The molecule has 176 valence electrons. The number of hydrogen-bond acceptors (Lipinski definition) is 3. The third-order valence-electron chi connectivity index (χ3n) is 6.60. The number of carbonyl (C=O) groups excluding carboxylic acids is 1. The predicted molar refractivity (Wildman–Crippen MR) is 127 cm³/mol. The second-order valence-corrected chi connectivity index (χ2v) is 13.4. The highest BCUT2D eigenvalue weighted by molar-refractivity contribution is 6.72. The lowest BCUT2D eigenvalue weighted by Gasteiger charge is -2.30. The highest BCUT2D eigenvalue weighted by Gasteiger charge is 2.51. The molecule has 0 unspecified atom stereocenters. The van der Waals surface area contributed by atoms with E-state index in [1.165, 1.54) is 25.7 Å². The van der Waals surface area contributed by atoms with E-state index in [2.05, 4.69) is 13.8 Å². The van der Waals surface area contributed by atoms with Gasteiger partial charge in [0.05, 0.1) is 25.2 Å². The number of halogens is 1. The molecule has 6 heteroatoms. The number of amides is 1. The van der Waals surface area contributed by atoms with Crippen molar-refractivity contribution in [3.63, 3.8) is 0 Å². The van der Waals surface area contributed by atoms with Gasteiger partial charge in [0.1, 0.15) is 0 Å². The van der Waals surface area contributed by atoms with Crippen LogP contribution < -0.4 is 0 Å². The van der Waals surface area contributed by atoms with Crippen molar-refractivity contribution in [1.82, 2.24) is 4.90 Å². The van der Waals surface area contributed by atoms with E-state index in [-0.39, 0.29) is 49.1 Å². The lowest BCUT2D eigenvalue weighted by molar-refractivity contribution is -0.135. The van der Waals surface area contributed by atoms with E-state index >= 15 is 4.11 Å². The molecule has 0 bridgehead atoms. The molecule has 1 fully saturated rings. The molecule has 1 heterocycles. The fourth-order valence-corrected chi connectivity index (χ4v) is 7.59. The van der Waals surface area contributed by atoms with E-state index < -0.39 is 8.41 Å². The Bertz CT molecular complexity index is 652. The lowest BCUT2D eigenvalue weighted by Crippen LogP contribution is -2.40. The molecule has 0 radical (unpaired) electrons. The first-order valence-corrected chi connectivity index (χ1v) is 15.0. The van der Waals surface area contributed by atoms with Gasteiger partial charge in [-0.2, -0.15) is 0 Å². The molecule has 2 rings (SSSR count). The Morgan fingerprint density at radius 3 is 2.42 bits per heavy atom. The van der Waals surface area contributed by atoms with Crippen LogP contribution in [0.5, 0.6) is 0 Å². The maximum Gasteiger partial charge on any atom is 0.246 e. The minimum atomic E-state index is -2.99. The highest BCUT2D eigenvalue weighted by atomic mass is 28.4. The van der Waals surface area contributed by atoms with Gasteiger partial charge in [-0.15, -0.1) is 0 Å². The first kappa shape index (κ1) is 26.0. The first-order valence-electron chi connectivity index (χ1n) is 12.0. The Kier molecular flexibility index (Phi) is 10.7. The third kappa shape index (κ3) is 7.99. The zero-order valence-electron chi connectivity index (χ0n) is 19.9. The second kappa shape index (κ2) is 12.7. The van der Waals surface area contributed by atoms with Gasteiger partial charge in [-0.3, -0.25) is 4.79 Å². The number of carbonyl (C=O) groups is 1. The number of hydrogen-bond donors (Lipinski definition) is 1. The van der Waals surface area contributed by atoms with E-state index in [0.29, 0.717) is 6.54 Å². The molecule has 4 atom stereocenters. The van der Waals surface area contributed by atoms with Crippen LogP contribution in [0.25, 0.3) is 0 Å². The number of aliphatic hydroxyl groups is 1. The van der Waals surface area contributed by atoms with Crippen molar-refractivity contribution in [2.24, 2.45) is 5.92 Å². The van der Waals surface area contributed by atoms with Crippen LogP contribution >= 0.6 is 0 Å². The van der Waals surface area contributed by atoms with E-state index in [9.17, 15) is 9.90 Å². The minimum Gasteiger partial charge on any atom is -0.395 e. The molecule has 1 aliphatic heterocycles. The molecule has 1 N–H and O–H groups in total. The smallest absolute Gasteiger partial charge is 0.246 e. The van der Waals surface area contributed by atoms with Crippen LogP contribution in [0.15, 0.2) is 30.3 Å². The number of nitrogens with zero attached hydrogens (tertiary/aromatic N) is 1. The molecule has 0 saturated carbocycles. The quantitative estimate of drug-likeness (QED) is 0.237. The molecular formula is C25H42FNO3Si. The van der Waals surface area contributed by atoms with Crippen molar-refractivity contribution in [2.45, 2.75) is 96.2 Å². The average molecular weight is 452 g/mol. The number of rotatable bonds is 13. The SMILES string of the molecule is CCCCCCC[C@@H]1O[C@H](CC(=O)N(CCO)Cc2ccccc2)[C@@H]([Si](C)(C)F)[C@@H]1C. The van der Waals surface area contributed by atoms with Gasteiger partial charge in [-0.1, -0.05) is 76.3 Å². The van der Waals surface area contributed by atoms with Crippen LogP contribution in [-0.2, 0) is 16.1 Å². The molecule has 0 aromatic heterocycles. The fraction of sp³-hybridized carbons (Fsp3) is 0.720. The summed E-state index contributed by atoms with van der Waals surface area (Å²) in [5.41, 5.74) is 0.844. The number of unbranched alkanes of at least 4 members (excludes halogenated alkanes) is 4. The van der Waals surface area contributed by atoms with E-state index in [0.717, 1.165) is 18.4 Å². The summed E-state index contributed by atoms with van der Waals surface area (Å²) >= 11 is 0. The Labute approximate surface area is 189 Å². The van der Waals surface area contributed by atoms with Crippen molar-refractivity contribution in [1.29, 1.82) is 0 Å². The van der Waals surface area contributed by atoms with Crippen molar-refractivity contribution in [3.8, 4) is 0 Å². The summed E-state index contributed by atoms with van der Waals surface area (Å²) in [5.74, 6) is 0.0676. The Morgan fingerprint density at radius 2 is 1.81 bits per heavy atom. The van der Waals surface area contributed by atoms with Crippen molar-refractivity contribution in [3.05, 3.63) is 35.9 Å². The van der Waals surface area contributed by atoms with Crippen LogP contribution in [0.2, 0.25) is 18.6 Å². The van der Waals surface area contributed by atoms with Crippen molar-refractivity contribution >= 4 is 14.3 Å². The Hall–Kier alpha value is -1.24. The number of benzene rings is 1. The standard InChI is InChI=1S/C25H42FNO3Si/c1-5-6-7-8-12-15-22-20(2)25(31(3,4)26)23(30-22)18-24(29)27(16-17-28)19-21-13-10-9-11-14-21/h9-11,13-14,20,22-23,25,28H,5-8,12,15-19H2,1-4H3/t20-,22+,23-,25+/m1/s1. The maximum absolute atomic E-state index is 15.3. The summed E-state index contributed by atoms with van der Waals surface area (Å²) in [7, 11) is -2.99. The van der Waals surface area contributed by atoms with Crippen LogP contribution in [0.3, 0.4) is 0 Å².